The first-order valence-corrected chi connectivity index (χ1v) is 7.17. The fourth-order valence-electron chi connectivity index (χ4n) is 1.87. The number of nitrogens with one attached hydrogen (secondary N) is 2. The van der Waals surface area contributed by atoms with Gasteiger partial charge in [-0.05, 0) is 30.3 Å². The van der Waals surface area contributed by atoms with Gasteiger partial charge >= 0.3 is 0 Å². The van der Waals surface area contributed by atoms with Gasteiger partial charge in [0.25, 0.3) is 5.91 Å². The first-order valence-electron chi connectivity index (χ1n) is 7.17. The summed E-state index contributed by atoms with van der Waals surface area (Å²) in [6.45, 7) is 1.72. The van der Waals surface area contributed by atoms with E-state index in [1.54, 1.807) is 25.1 Å². The van der Waals surface area contributed by atoms with Gasteiger partial charge in [0.05, 0.1) is 6.21 Å². The molecule has 2 aromatic carbocycles. The second-order valence-electron chi connectivity index (χ2n) is 4.88. The summed E-state index contributed by atoms with van der Waals surface area (Å²) >= 11 is 0. The van der Waals surface area contributed by atoms with E-state index in [2.05, 4.69) is 15.8 Å². The number of hydrazone groups is 1. The highest BCUT2D eigenvalue weighted by atomic mass is 19.1. The summed E-state index contributed by atoms with van der Waals surface area (Å²) < 4.78 is 26.1. The van der Waals surface area contributed by atoms with Crippen molar-refractivity contribution in [3.63, 3.8) is 0 Å². The molecule has 5 nitrogen and oxygen atoms in total. The standard InChI is InChI=1S/C17H15F2N3O2/c1-2-16(23)21-15-5-3-4-12(8-15)17(24)22-20-10-11-6-13(18)9-14(19)7-11/h3-10H,2H2,1H3,(H,21,23)(H,22,24). The SMILES string of the molecule is CCC(=O)Nc1cccc(C(=O)NN=Cc2cc(F)cc(F)c2)c1. The van der Waals surface area contributed by atoms with Crippen LogP contribution >= 0.6 is 0 Å². The van der Waals surface area contributed by atoms with Crippen LogP contribution in [0.3, 0.4) is 0 Å². The summed E-state index contributed by atoms with van der Waals surface area (Å²) in [7, 11) is 0. The Hall–Kier alpha value is -3.09. The lowest BCUT2D eigenvalue weighted by molar-refractivity contribution is -0.115. The number of anilines is 1. The van der Waals surface area contributed by atoms with Gasteiger partial charge < -0.3 is 5.32 Å². The van der Waals surface area contributed by atoms with Gasteiger partial charge in [-0.25, -0.2) is 14.2 Å². The van der Waals surface area contributed by atoms with Crippen LogP contribution in [0.5, 0.6) is 0 Å². The van der Waals surface area contributed by atoms with Crippen LogP contribution in [0.15, 0.2) is 47.6 Å². The smallest absolute Gasteiger partial charge is 0.271 e. The van der Waals surface area contributed by atoms with Crippen molar-refractivity contribution in [3.8, 4) is 0 Å². The zero-order chi connectivity index (χ0) is 17.5. The van der Waals surface area contributed by atoms with E-state index in [0.29, 0.717) is 12.1 Å². The summed E-state index contributed by atoms with van der Waals surface area (Å²) in [5, 5.41) is 6.30. The molecule has 2 amide bonds. The fourth-order valence-corrected chi connectivity index (χ4v) is 1.87. The minimum Gasteiger partial charge on any atom is -0.326 e. The molecule has 0 heterocycles. The molecule has 0 aliphatic rings. The van der Waals surface area contributed by atoms with E-state index < -0.39 is 17.5 Å². The highest BCUT2D eigenvalue weighted by molar-refractivity contribution is 5.97. The number of carbonyl (C=O) groups is 2. The predicted molar refractivity (Wildman–Crippen MR) is 86.8 cm³/mol. The van der Waals surface area contributed by atoms with Crippen molar-refractivity contribution in [2.24, 2.45) is 5.10 Å². The Kier molecular flexibility index (Phi) is 5.73. The third kappa shape index (κ3) is 4.98. The minimum absolute atomic E-state index is 0.168. The van der Waals surface area contributed by atoms with E-state index in [1.807, 2.05) is 0 Å². The van der Waals surface area contributed by atoms with E-state index in [0.717, 1.165) is 24.4 Å². The highest BCUT2D eigenvalue weighted by Crippen LogP contribution is 2.11. The fraction of sp³-hybridized carbons (Fsp3) is 0.118. The first kappa shape index (κ1) is 17.3. The summed E-state index contributed by atoms with van der Waals surface area (Å²) in [5.41, 5.74) is 3.21. The Balaban J connectivity index is 2.03. The zero-order valence-corrected chi connectivity index (χ0v) is 12.8. The number of nitrogens with zero attached hydrogens (tertiary/aromatic N) is 1. The molecule has 24 heavy (non-hydrogen) atoms. The largest absolute Gasteiger partial charge is 0.326 e. The van der Waals surface area contributed by atoms with Gasteiger partial charge in [0.15, 0.2) is 0 Å². The maximum atomic E-state index is 13.0. The van der Waals surface area contributed by atoms with Crippen LogP contribution < -0.4 is 10.7 Å². The molecule has 0 radical (unpaired) electrons. The topological polar surface area (TPSA) is 70.6 Å². The molecule has 0 saturated carbocycles. The van der Waals surface area contributed by atoms with Crippen LogP contribution in [0, 0.1) is 11.6 Å². The van der Waals surface area contributed by atoms with Crippen molar-refractivity contribution in [3.05, 3.63) is 65.2 Å². The maximum Gasteiger partial charge on any atom is 0.271 e. The Morgan fingerprint density at radius 1 is 1.12 bits per heavy atom. The van der Waals surface area contributed by atoms with Gasteiger partial charge in [0.1, 0.15) is 11.6 Å². The van der Waals surface area contributed by atoms with Crippen LogP contribution in [-0.4, -0.2) is 18.0 Å². The third-order valence-electron chi connectivity index (χ3n) is 2.99. The van der Waals surface area contributed by atoms with Crippen molar-refractivity contribution in [1.82, 2.24) is 5.43 Å². The summed E-state index contributed by atoms with van der Waals surface area (Å²) in [6, 6.07) is 9.23. The lowest BCUT2D eigenvalue weighted by Gasteiger charge is -2.05. The number of halogens is 2. The molecule has 0 saturated heterocycles. The molecule has 124 valence electrons. The number of amides is 2. The van der Waals surface area contributed by atoms with Crippen molar-refractivity contribution in [1.29, 1.82) is 0 Å². The molecular formula is C17H15F2N3O2. The number of hydrogen-bond donors (Lipinski definition) is 2. The van der Waals surface area contributed by atoms with E-state index in [9.17, 15) is 18.4 Å². The van der Waals surface area contributed by atoms with Crippen molar-refractivity contribution >= 4 is 23.7 Å². The van der Waals surface area contributed by atoms with Gasteiger partial charge in [-0.15, -0.1) is 0 Å². The van der Waals surface area contributed by atoms with Crippen LogP contribution in [0.4, 0.5) is 14.5 Å². The first-order chi connectivity index (χ1) is 11.5. The molecule has 2 rings (SSSR count). The van der Waals surface area contributed by atoms with Gasteiger partial charge in [0.2, 0.25) is 5.91 Å². The van der Waals surface area contributed by atoms with E-state index in [1.165, 1.54) is 6.07 Å². The van der Waals surface area contributed by atoms with Gasteiger partial charge in [-0.3, -0.25) is 9.59 Å². The second-order valence-corrected chi connectivity index (χ2v) is 4.88. The highest BCUT2D eigenvalue weighted by Gasteiger charge is 2.06. The predicted octanol–water partition coefficient (Wildman–Crippen LogP) is 3.08. The Morgan fingerprint density at radius 3 is 2.50 bits per heavy atom. The monoisotopic (exact) mass is 331 g/mol. The van der Waals surface area contributed by atoms with Crippen LogP contribution in [-0.2, 0) is 4.79 Å². The maximum absolute atomic E-state index is 13.0. The van der Waals surface area contributed by atoms with E-state index in [-0.39, 0.29) is 17.0 Å². The Morgan fingerprint density at radius 2 is 1.83 bits per heavy atom. The molecule has 0 spiro atoms. The lowest BCUT2D eigenvalue weighted by atomic mass is 10.2. The number of hydrogen-bond acceptors (Lipinski definition) is 3. The van der Waals surface area contributed by atoms with Crippen molar-refractivity contribution in [2.75, 3.05) is 5.32 Å². The third-order valence-corrected chi connectivity index (χ3v) is 2.99. The van der Waals surface area contributed by atoms with Gasteiger partial charge in [-0.2, -0.15) is 5.10 Å². The molecule has 0 unspecified atom stereocenters. The van der Waals surface area contributed by atoms with E-state index in [4.69, 9.17) is 0 Å². The number of carbonyl (C=O) groups excluding carboxylic acids is 2. The quantitative estimate of drug-likeness (QED) is 0.653. The molecule has 0 atom stereocenters. The minimum atomic E-state index is -0.734. The number of benzene rings is 2. The lowest BCUT2D eigenvalue weighted by Crippen LogP contribution is -2.18. The average Bonchev–Trinajstić information content (AvgIpc) is 2.54. The van der Waals surface area contributed by atoms with Crippen molar-refractivity contribution in [2.45, 2.75) is 13.3 Å². The molecule has 0 bridgehead atoms. The Bertz CT molecular complexity index is 771. The molecular weight excluding hydrogens is 316 g/mol. The van der Waals surface area contributed by atoms with Crippen LogP contribution in [0.25, 0.3) is 0 Å². The number of rotatable bonds is 5. The average molecular weight is 331 g/mol. The van der Waals surface area contributed by atoms with E-state index >= 15 is 0 Å². The molecule has 2 aromatic rings. The van der Waals surface area contributed by atoms with Gasteiger partial charge in [-0.1, -0.05) is 13.0 Å². The molecule has 0 fully saturated rings. The summed E-state index contributed by atoms with van der Waals surface area (Å²) in [6.07, 6.45) is 1.46. The van der Waals surface area contributed by atoms with Crippen molar-refractivity contribution < 1.29 is 18.4 Å². The zero-order valence-electron chi connectivity index (χ0n) is 12.8. The van der Waals surface area contributed by atoms with Crippen LogP contribution in [0.1, 0.15) is 29.3 Å². The normalized spacial score (nSPS) is 10.6. The second kappa shape index (κ2) is 7.96. The van der Waals surface area contributed by atoms with Crippen LogP contribution in [0.2, 0.25) is 0 Å². The van der Waals surface area contributed by atoms with Gasteiger partial charge in [0, 0.05) is 29.3 Å². The Labute approximate surface area is 137 Å². The molecule has 7 heteroatoms. The molecule has 0 aromatic heterocycles. The summed E-state index contributed by atoms with van der Waals surface area (Å²) in [5.74, 6) is -2.15. The molecule has 0 aliphatic heterocycles. The molecule has 2 N–H and O–H groups in total. The summed E-state index contributed by atoms with van der Waals surface area (Å²) in [4.78, 5) is 23.3. The molecule has 0 aliphatic carbocycles.